The Morgan fingerprint density at radius 2 is 2.12 bits per heavy atom. The Hall–Kier alpha value is -0.870. The molecular formula is C13H24N4. The molecule has 1 fully saturated rings. The quantitative estimate of drug-likeness (QED) is 0.863. The molecule has 0 unspecified atom stereocenters. The average Bonchev–Trinajstić information content (AvgIpc) is 2.78. The third-order valence-electron chi connectivity index (χ3n) is 3.69. The number of hydrogen-bond donors (Lipinski definition) is 1. The maximum atomic E-state index is 4.49. The molecule has 96 valence electrons. The van der Waals surface area contributed by atoms with E-state index in [1.54, 1.807) is 0 Å². The fourth-order valence-electron chi connectivity index (χ4n) is 2.64. The summed E-state index contributed by atoms with van der Waals surface area (Å²) in [6, 6.07) is 3.37. The second-order valence-corrected chi connectivity index (χ2v) is 5.16. The van der Waals surface area contributed by atoms with Crippen molar-refractivity contribution in [1.82, 2.24) is 20.0 Å². The molecule has 0 atom stereocenters. The molecular weight excluding hydrogens is 212 g/mol. The first-order valence-corrected chi connectivity index (χ1v) is 6.63. The van der Waals surface area contributed by atoms with Crippen molar-refractivity contribution in [3.8, 4) is 0 Å². The molecule has 17 heavy (non-hydrogen) atoms. The van der Waals surface area contributed by atoms with E-state index in [-0.39, 0.29) is 0 Å². The number of rotatable bonds is 4. The summed E-state index contributed by atoms with van der Waals surface area (Å²) in [6.45, 7) is 7.86. The topological polar surface area (TPSA) is 33.1 Å². The van der Waals surface area contributed by atoms with E-state index < -0.39 is 0 Å². The summed E-state index contributed by atoms with van der Waals surface area (Å²) in [6.07, 6.45) is 4.36. The highest BCUT2D eigenvalue weighted by Gasteiger charge is 2.23. The summed E-state index contributed by atoms with van der Waals surface area (Å²) >= 11 is 0. The standard InChI is InChI=1S/C13H24N4/c1-11(2)16-8-5-12(6-9-16)17-13(10-14-3)4-7-15-17/h4,7,11-12,14H,5-6,8-10H2,1-3H3. The lowest BCUT2D eigenvalue weighted by molar-refractivity contribution is 0.145. The van der Waals surface area contributed by atoms with Crippen LogP contribution in [0.4, 0.5) is 0 Å². The third-order valence-corrected chi connectivity index (χ3v) is 3.69. The van der Waals surface area contributed by atoms with Gasteiger partial charge in [0.05, 0.1) is 11.7 Å². The maximum Gasteiger partial charge on any atom is 0.0547 e. The van der Waals surface area contributed by atoms with Crippen LogP contribution in [0.5, 0.6) is 0 Å². The predicted molar refractivity (Wildman–Crippen MR) is 70.0 cm³/mol. The van der Waals surface area contributed by atoms with Crippen LogP contribution in [-0.2, 0) is 6.54 Å². The summed E-state index contributed by atoms with van der Waals surface area (Å²) in [7, 11) is 1.98. The van der Waals surface area contributed by atoms with Crippen molar-refractivity contribution in [3.63, 3.8) is 0 Å². The number of piperidine rings is 1. The highest BCUT2D eigenvalue weighted by Crippen LogP contribution is 2.24. The smallest absolute Gasteiger partial charge is 0.0547 e. The van der Waals surface area contributed by atoms with Gasteiger partial charge in [0.25, 0.3) is 0 Å². The van der Waals surface area contributed by atoms with E-state index in [4.69, 9.17) is 0 Å². The van der Waals surface area contributed by atoms with Crippen LogP contribution < -0.4 is 5.32 Å². The van der Waals surface area contributed by atoms with Crippen LogP contribution in [0.25, 0.3) is 0 Å². The van der Waals surface area contributed by atoms with Crippen molar-refractivity contribution in [2.75, 3.05) is 20.1 Å². The largest absolute Gasteiger partial charge is 0.314 e. The monoisotopic (exact) mass is 236 g/mol. The van der Waals surface area contributed by atoms with Gasteiger partial charge >= 0.3 is 0 Å². The molecule has 1 aromatic heterocycles. The van der Waals surface area contributed by atoms with Gasteiger partial charge in [0.1, 0.15) is 0 Å². The Balaban J connectivity index is 1.98. The molecule has 0 amide bonds. The minimum absolute atomic E-state index is 0.586. The molecule has 0 spiro atoms. The van der Waals surface area contributed by atoms with Gasteiger partial charge in [-0.1, -0.05) is 0 Å². The normalized spacial score (nSPS) is 19.1. The Bertz CT molecular complexity index is 337. The molecule has 2 heterocycles. The first-order chi connectivity index (χ1) is 8.22. The molecule has 1 saturated heterocycles. The molecule has 0 radical (unpaired) electrons. The highest BCUT2D eigenvalue weighted by molar-refractivity contribution is 5.02. The molecule has 0 saturated carbocycles. The van der Waals surface area contributed by atoms with E-state index in [1.165, 1.54) is 31.6 Å². The Kier molecular flexibility index (Phi) is 4.18. The van der Waals surface area contributed by atoms with Crippen LogP contribution in [0.15, 0.2) is 12.3 Å². The molecule has 0 aromatic carbocycles. The Labute approximate surface area is 104 Å². The lowest BCUT2D eigenvalue weighted by Gasteiger charge is -2.35. The molecule has 4 heteroatoms. The molecule has 0 bridgehead atoms. The lowest BCUT2D eigenvalue weighted by Crippen LogP contribution is -2.39. The van der Waals surface area contributed by atoms with Crippen LogP contribution >= 0.6 is 0 Å². The van der Waals surface area contributed by atoms with Gasteiger partial charge in [-0.2, -0.15) is 5.10 Å². The Morgan fingerprint density at radius 3 is 2.71 bits per heavy atom. The molecule has 4 nitrogen and oxygen atoms in total. The van der Waals surface area contributed by atoms with Gasteiger partial charge in [0.2, 0.25) is 0 Å². The van der Waals surface area contributed by atoms with Crippen LogP contribution in [0.2, 0.25) is 0 Å². The van der Waals surface area contributed by atoms with Crippen molar-refractivity contribution < 1.29 is 0 Å². The summed E-state index contributed by atoms with van der Waals surface area (Å²) in [5, 5.41) is 7.69. The van der Waals surface area contributed by atoms with E-state index in [9.17, 15) is 0 Å². The number of likely N-dealkylation sites (tertiary alicyclic amines) is 1. The third kappa shape index (κ3) is 2.87. The van der Waals surface area contributed by atoms with Gasteiger partial charge in [-0.05, 0) is 39.8 Å². The zero-order chi connectivity index (χ0) is 12.3. The summed E-state index contributed by atoms with van der Waals surface area (Å²) in [4.78, 5) is 2.55. The predicted octanol–water partition coefficient (Wildman–Crippen LogP) is 1.65. The zero-order valence-corrected chi connectivity index (χ0v) is 11.2. The van der Waals surface area contributed by atoms with Gasteiger partial charge in [0, 0.05) is 31.9 Å². The molecule has 1 aliphatic rings. The van der Waals surface area contributed by atoms with E-state index in [2.05, 4.69) is 39.9 Å². The molecule has 1 aromatic rings. The van der Waals surface area contributed by atoms with E-state index in [0.29, 0.717) is 12.1 Å². The Morgan fingerprint density at radius 1 is 1.41 bits per heavy atom. The van der Waals surface area contributed by atoms with E-state index in [0.717, 1.165) is 6.54 Å². The highest BCUT2D eigenvalue weighted by atomic mass is 15.3. The zero-order valence-electron chi connectivity index (χ0n) is 11.2. The number of hydrogen-bond acceptors (Lipinski definition) is 3. The first-order valence-electron chi connectivity index (χ1n) is 6.63. The lowest BCUT2D eigenvalue weighted by atomic mass is 10.0. The summed E-state index contributed by atoms with van der Waals surface area (Å²) < 4.78 is 2.22. The van der Waals surface area contributed by atoms with Crippen molar-refractivity contribution in [3.05, 3.63) is 18.0 Å². The van der Waals surface area contributed by atoms with Gasteiger partial charge in [-0.15, -0.1) is 0 Å². The first kappa shape index (κ1) is 12.6. The van der Waals surface area contributed by atoms with Gasteiger partial charge in [0.15, 0.2) is 0 Å². The van der Waals surface area contributed by atoms with Crippen molar-refractivity contribution in [2.24, 2.45) is 0 Å². The molecule has 0 aliphatic carbocycles. The molecule has 1 aliphatic heterocycles. The van der Waals surface area contributed by atoms with Crippen LogP contribution in [0.1, 0.15) is 38.4 Å². The number of nitrogens with zero attached hydrogens (tertiary/aromatic N) is 3. The van der Waals surface area contributed by atoms with Crippen LogP contribution in [0, 0.1) is 0 Å². The van der Waals surface area contributed by atoms with Gasteiger partial charge < -0.3 is 10.2 Å². The molecule has 2 rings (SSSR count). The number of aromatic nitrogens is 2. The van der Waals surface area contributed by atoms with Crippen LogP contribution in [0.3, 0.4) is 0 Å². The van der Waals surface area contributed by atoms with Gasteiger partial charge in [-0.3, -0.25) is 4.68 Å². The number of nitrogens with one attached hydrogen (secondary N) is 1. The summed E-state index contributed by atoms with van der Waals surface area (Å²) in [5.41, 5.74) is 1.30. The van der Waals surface area contributed by atoms with Crippen molar-refractivity contribution in [2.45, 2.75) is 45.3 Å². The SMILES string of the molecule is CNCc1ccnn1C1CCN(C(C)C)CC1. The maximum absolute atomic E-state index is 4.49. The fourth-order valence-corrected chi connectivity index (χ4v) is 2.64. The second-order valence-electron chi connectivity index (χ2n) is 5.16. The van der Waals surface area contributed by atoms with Crippen LogP contribution in [-0.4, -0.2) is 40.9 Å². The minimum Gasteiger partial charge on any atom is -0.314 e. The second kappa shape index (κ2) is 5.65. The molecule has 1 N–H and O–H groups in total. The van der Waals surface area contributed by atoms with E-state index in [1.807, 2.05) is 13.2 Å². The van der Waals surface area contributed by atoms with Crippen molar-refractivity contribution >= 4 is 0 Å². The average molecular weight is 236 g/mol. The van der Waals surface area contributed by atoms with E-state index >= 15 is 0 Å². The van der Waals surface area contributed by atoms with Gasteiger partial charge in [-0.25, -0.2) is 0 Å². The van der Waals surface area contributed by atoms with Crippen molar-refractivity contribution in [1.29, 1.82) is 0 Å². The summed E-state index contributed by atoms with van der Waals surface area (Å²) in [5.74, 6) is 0. The minimum atomic E-state index is 0.586. The fraction of sp³-hybridized carbons (Fsp3) is 0.769.